The second-order valence-electron chi connectivity index (χ2n) is 6.16. The van der Waals surface area contributed by atoms with Crippen LogP contribution in [0.2, 0.25) is 0 Å². The summed E-state index contributed by atoms with van der Waals surface area (Å²) in [5, 5.41) is 5.27. The van der Waals surface area contributed by atoms with Crippen LogP contribution in [0, 0.1) is 5.82 Å². The molecule has 0 aliphatic rings. The van der Waals surface area contributed by atoms with Crippen LogP contribution in [-0.2, 0) is 9.59 Å². The van der Waals surface area contributed by atoms with Crippen molar-refractivity contribution in [2.24, 2.45) is 0 Å². The number of hydrogen-bond acceptors (Lipinski definition) is 2. The van der Waals surface area contributed by atoms with Gasteiger partial charge in [-0.3, -0.25) is 9.59 Å². The monoisotopic (exact) mass is 386 g/mol. The second kappa shape index (κ2) is 9.80. The first-order valence-corrected chi connectivity index (χ1v) is 8.98. The van der Waals surface area contributed by atoms with E-state index < -0.39 is 17.6 Å². The van der Waals surface area contributed by atoms with Crippen molar-refractivity contribution < 1.29 is 14.0 Å². The molecule has 0 atom stereocenters. The largest absolute Gasteiger partial charge is 0.321 e. The van der Waals surface area contributed by atoms with Crippen molar-refractivity contribution in [2.45, 2.75) is 0 Å². The number of benzene rings is 3. The third kappa shape index (κ3) is 6.29. The molecule has 0 heterocycles. The van der Waals surface area contributed by atoms with Gasteiger partial charge in [-0.1, -0.05) is 60.7 Å². The van der Waals surface area contributed by atoms with Gasteiger partial charge in [0.25, 0.3) is 5.91 Å². The van der Waals surface area contributed by atoms with Crippen LogP contribution in [0.25, 0.3) is 12.2 Å². The molecule has 5 heteroatoms. The minimum Gasteiger partial charge on any atom is -0.321 e. The Hall–Kier alpha value is -3.99. The third-order valence-electron chi connectivity index (χ3n) is 3.94. The number of hydrogen-bond donors (Lipinski definition) is 2. The van der Waals surface area contributed by atoms with Crippen molar-refractivity contribution in [1.29, 1.82) is 0 Å². The van der Waals surface area contributed by atoms with Crippen LogP contribution in [0.3, 0.4) is 0 Å². The van der Waals surface area contributed by atoms with Crippen LogP contribution in [-0.4, -0.2) is 11.8 Å². The molecular weight excluding hydrogens is 367 g/mol. The van der Waals surface area contributed by atoms with Gasteiger partial charge in [-0.25, -0.2) is 4.39 Å². The van der Waals surface area contributed by atoms with Crippen LogP contribution in [0.1, 0.15) is 11.1 Å². The molecule has 0 spiro atoms. The van der Waals surface area contributed by atoms with E-state index in [0.717, 1.165) is 11.1 Å². The van der Waals surface area contributed by atoms with E-state index in [2.05, 4.69) is 10.6 Å². The molecule has 29 heavy (non-hydrogen) atoms. The fourth-order valence-electron chi connectivity index (χ4n) is 2.52. The molecule has 0 bridgehead atoms. The highest BCUT2D eigenvalue weighted by Crippen LogP contribution is 2.11. The van der Waals surface area contributed by atoms with Crippen molar-refractivity contribution in [3.63, 3.8) is 0 Å². The van der Waals surface area contributed by atoms with Crippen molar-refractivity contribution in [3.05, 3.63) is 114 Å². The molecule has 0 fully saturated rings. The van der Waals surface area contributed by atoms with E-state index in [1.807, 2.05) is 60.7 Å². The Morgan fingerprint density at radius 1 is 0.759 bits per heavy atom. The summed E-state index contributed by atoms with van der Waals surface area (Å²) in [6.45, 7) is 0. The Labute approximate surface area is 168 Å². The van der Waals surface area contributed by atoms with Crippen molar-refractivity contribution in [2.75, 3.05) is 5.32 Å². The minimum absolute atomic E-state index is 0.0724. The molecule has 2 N–H and O–H groups in total. The van der Waals surface area contributed by atoms with Crippen LogP contribution in [0.15, 0.2) is 96.7 Å². The Morgan fingerprint density at radius 2 is 1.34 bits per heavy atom. The smallest absolute Gasteiger partial charge is 0.272 e. The van der Waals surface area contributed by atoms with Crippen molar-refractivity contribution in [1.82, 2.24) is 5.32 Å². The zero-order chi connectivity index (χ0) is 20.5. The molecule has 0 saturated heterocycles. The van der Waals surface area contributed by atoms with E-state index in [1.54, 1.807) is 12.2 Å². The van der Waals surface area contributed by atoms with Gasteiger partial charge in [-0.2, -0.15) is 0 Å². The Balaban J connectivity index is 1.78. The van der Waals surface area contributed by atoms with Gasteiger partial charge >= 0.3 is 0 Å². The lowest BCUT2D eigenvalue weighted by Crippen LogP contribution is -2.29. The fourth-order valence-corrected chi connectivity index (χ4v) is 2.52. The molecule has 0 aliphatic heterocycles. The van der Waals surface area contributed by atoms with Gasteiger partial charge in [0.05, 0.1) is 0 Å². The van der Waals surface area contributed by atoms with Crippen LogP contribution < -0.4 is 10.6 Å². The molecular formula is C24H19FN2O2. The molecule has 144 valence electrons. The normalized spacial score (nSPS) is 11.3. The maximum Gasteiger partial charge on any atom is 0.272 e. The summed E-state index contributed by atoms with van der Waals surface area (Å²) in [6.07, 6.45) is 4.60. The summed E-state index contributed by atoms with van der Waals surface area (Å²) in [5.41, 5.74) is 2.11. The minimum atomic E-state index is -0.512. The highest BCUT2D eigenvalue weighted by molar-refractivity contribution is 6.10. The molecule has 0 saturated carbocycles. The van der Waals surface area contributed by atoms with Gasteiger partial charge in [0, 0.05) is 11.8 Å². The Morgan fingerprint density at radius 3 is 1.97 bits per heavy atom. The molecule has 0 aromatic heterocycles. The molecule has 4 nitrogen and oxygen atoms in total. The molecule has 3 aromatic carbocycles. The van der Waals surface area contributed by atoms with Gasteiger partial charge in [0.2, 0.25) is 5.91 Å². The highest BCUT2D eigenvalue weighted by Gasteiger charge is 2.12. The molecule has 0 unspecified atom stereocenters. The Kier molecular flexibility index (Phi) is 6.68. The lowest BCUT2D eigenvalue weighted by molar-refractivity contribution is -0.118. The predicted molar refractivity (Wildman–Crippen MR) is 113 cm³/mol. The average Bonchev–Trinajstić information content (AvgIpc) is 2.75. The fraction of sp³-hybridized carbons (Fsp3) is 0. The zero-order valence-electron chi connectivity index (χ0n) is 15.5. The number of rotatable bonds is 6. The molecule has 0 radical (unpaired) electrons. The van der Waals surface area contributed by atoms with Gasteiger partial charge in [-0.15, -0.1) is 0 Å². The first kappa shape index (κ1) is 19.8. The summed E-state index contributed by atoms with van der Waals surface area (Å²) < 4.78 is 13.1. The lowest BCUT2D eigenvalue weighted by Gasteiger charge is -2.10. The number of carbonyl (C=O) groups is 2. The van der Waals surface area contributed by atoms with Crippen LogP contribution >= 0.6 is 0 Å². The number of nitrogens with one attached hydrogen (secondary N) is 2. The zero-order valence-corrected chi connectivity index (χ0v) is 15.5. The number of amides is 2. The first-order valence-electron chi connectivity index (χ1n) is 8.98. The first-order chi connectivity index (χ1) is 14.1. The molecule has 2 amide bonds. The van der Waals surface area contributed by atoms with E-state index in [-0.39, 0.29) is 5.70 Å². The maximum atomic E-state index is 13.1. The summed E-state index contributed by atoms with van der Waals surface area (Å²) in [7, 11) is 0. The number of carbonyl (C=O) groups excluding carboxylic acids is 2. The van der Waals surface area contributed by atoms with Gasteiger partial charge in [0.1, 0.15) is 11.5 Å². The van der Waals surface area contributed by atoms with E-state index in [1.165, 1.54) is 30.3 Å². The number of anilines is 1. The quantitative estimate of drug-likeness (QED) is 0.607. The van der Waals surface area contributed by atoms with E-state index in [4.69, 9.17) is 0 Å². The standard InChI is InChI=1S/C24H19FN2O2/c25-20-12-14-21(15-13-20)26-24(29)22(17-19-9-5-2-6-10-19)27-23(28)16-11-18-7-3-1-4-8-18/h1-17H,(H,26,29)(H,27,28)/b16-11+,22-17-. The van der Waals surface area contributed by atoms with E-state index in [9.17, 15) is 14.0 Å². The summed E-state index contributed by atoms with van der Waals surface area (Å²) in [6, 6.07) is 23.9. The SMILES string of the molecule is O=C(/C=C/c1ccccc1)N/C(=C\c1ccccc1)C(=O)Nc1ccc(F)cc1. The summed E-state index contributed by atoms with van der Waals surface area (Å²) in [5.74, 6) is -1.35. The van der Waals surface area contributed by atoms with E-state index >= 15 is 0 Å². The third-order valence-corrected chi connectivity index (χ3v) is 3.94. The second-order valence-corrected chi connectivity index (χ2v) is 6.16. The Bertz CT molecular complexity index is 1030. The molecule has 0 aliphatic carbocycles. The summed E-state index contributed by atoms with van der Waals surface area (Å²) >= 11 is 0. The van der Waals surface area contributed by atoms with Crippen LogP contribution in [0.5, 0.6) is 0 Å². The van der Waals surface area contributed by atoms with Crippen LogP contribution in [0.4, 0.5) is 10.1 Å². The highest BCUT2D eigenvalue weighted by atomic mass is 19.1. The number of halogens is 1. The molecule has 3 aromatic rings. The van der Waals surface area contributed by atoms with E-state index in [0.29, 0.717) is 5.69 Å². The molecule has 3 rings (SSSR count). The van der Waals surface area contributed by atoms with Crippen molar-refractivity contribution in [3.8, 4) is 0 Å². The average molecular weight is 386 g/mol. The topological polar surface area (TPSA) is 58.2 Å². The predicted octanol–water partition coefficient (Wildman–Crippen LogP) is 4.63. The summed E-state index contributed by atoms with van der Waals surface area (Å²) in [4.78, 5) is 25.0. The van der Waals surface area contributed by atoms with Crippen molar-refractivity contribution >= 4 is 29.7 Å². The lowest BCUT2D eigenvalue weighted by atomic mass is 10.1. The maximum absolute atomic E-state index is 13.1. The van der Waals surface area contributed by atoms with Gasteiger partial charge < -0.3 is 10.6 Å². The van der Waals surface area contributed by atoms with Gasteiger partial charge in [0.15, 0.2) is 0 Å². The van der Waals surface area contributed by atoms with Gasteiger partial charge in [-0.05, 0) is 47.5 Å².